The molecule has 0 saturated carbocycles. The van der Waals surface area contributed by atoms with Crippen LogP contribution in [0, 0.1) is 0 Å². The first-order valence-electron chi connectivity index (χ1n) is 4.41. The molecule has 80 valence electrons. The first kappa shape index (κ1) is 11.1. The number of ether oxygens (including phenoxy) is 1. The van der Waals surface area contributed by atoms with Crippen LogP contribution in [-0.4, -0.2) is 23.4 Å². The molecule has 0 N–H and O–H groups in total. The first-order chi connectivity index (χ1) is 7.27. The Morgan fingerprint density at radius 3 is 3.13 bits per heavy atom. The number of aryl methyl sites for hydroxylation is 1. The molecule has 15 heavy (non-hydrogen) atoms. The highest BCUT2D eigenvalue weighted by Crippen LogP contribution is 1.99. The lowest BCUT2D eigenvalue weighted by molar-refractivity contribution is 0.374. The van der Waals surface area contributed by atoms with E-state index in [1.807, 2.05) is 0 Å². The van der Waals surface area contributed by atoms with Crippen LogP contribution in [0.15, 0.2) is 22.0 Å². The van der Waals surface area contributed by atoms with Crippen LogP contribution < -0.4 is 10.3 Å². The maximum absolute atomic E-state index is 11.3. The molecule has 1 heterocycles. The highest BCUT2D eigenvalue weighted by atomic mass is 16.5. The summed E-state index contributed by atoms with van der Waals surface area (Å²) in [6.07, 6.45) is 0.574. The van der Waals surface area contributed by atoms with E-state index in [1.54, 1.807) is 0 Å². The molecule has 0 aromatic carbocycles. The molecule has 0 aliphatic carbocycles. The van der Waals surface area contributed by atoms with Crippen LogP contribution in [0.2, 0.25) is 0 Å². The molecule has 7 heteroatoms. The lowest BCUT2D eigenvalue weighted by atomic mass is 10.4. The van der Waals surface area contributed by atoms with Gasteiger partial charge in [-0.1, -0.05) is 5.11 Å². The molecular weight excluding hydrogens is 198 g/mol. The zero-order chi connectivity index (χ0) is 11.1. The molecule has 1 aromatic heterocycles. The number of methoxy groups -OCH3 is 1. The molecule has 0 bridgehead atoms. The lowest BCUT2D eigenvalue weighted by Crippen LogP contribution is -2.22. The minimum Gasteiger partial charge on any atom is -0.480 e. The van der Waals surface area contributed by atoms with Crippen molar-refractivity contribution in [1.82, 2.24) is 9.78 Å². The minimum absolute atomic E-state index is 0.197. The number of aromatic nitrogens is 2. The molecular formula is C8H11N5O2. The van der Waals surface area contributed by atoms with Gasteiger partial charge in [0.1, 0.15) is 0 Å². The molecule has 0 fully saturated rings. The number of hydrogen-bond donors (Lipinski definition) is 0. The van der Waals surface area contributed by atoms with Crippen LogP contribution >= 0.6 is 0 Å². The Hall–Kier alpha value is -2.01. The summed E-state index contributed by atoms with van der Waals surface area (Å²) in [6, 6.07) is 2.89. The molecule has 1 rings (SSSR count). The van der Waals surface area contributed by atoms with E-state index in [2.05, 4.69) is 15.1 Å². The van der Waals surface area contributed by atoms with Crippen LogP contribution in [0.3, 0.4) is 0 Å². The third-order valence-corrected chi connectivity index (χ3v) is 1.74. The fourth-order valence-electron chi connectivity index (χ4n) is 1.04. The van der Waals surface area contributed by atoms with Crippen molar-refractivity contribution in [3.05, 3.63) is 32.9 Å². The molecule has 0 unspecified atom stereocenters. The fourth-order valence-corrected chi connectivity index (χ4v) is 1.04. The zero-order valence-electron chi connectivity index (χ0n) is 8.33. The summed E-state index contributed by atoms with van der Waals surface area (Å²) in [7, 11) is 1.48. The fraction of sp³-hybridized carbons (Fsp3) is 0.500. The summed E-state index contributed by atoms with van der Waals surface area (Å²) < 4.78 is 6.17. The summed E-state index contributed by atoms with van der Waals surface area (Å²) in [6.45, 7) is 0.761. The Balaban J connectivity index is 2.66. The number of nitrogens with zero attached hydrogens (tertiary/aromatic N) is 5. The van der Waals surface area contributed by atoms with Gasteiger partial charge in [0.15, 0.2) is 0 Å². The van der Waals surface area contributed by atoms with Crippen molar-refractivity contribution in [3.63, 3.8) is 0 Å². The van der Waals surface area contributed by atoms with Crippen LogP contribution in [-0.2, 0) is 6.54 Å². The van der Waals surface area contributed by atoms with Crippen molar-refractivity contribution in [3.8, 4) is 5.88 Å². The minimum atomic E-state index is -0.197. The maximum atomic E-state index is 11.3. The second-order valence-electron chi connectivity index (χ2n) is 2.75. The van der Waals surface area contributed by atoms with Crippen molar-refractivity contribution >= 4 is 0 Å². The average Bonchev–Trinajstić information content (AvgIpc) is 2.26. The molecule has 0 aliphatic heterocycles. The second kappa shape index (κ2) is 5.66. The quantitative estimate of drug-likeness (QED) is 0.313. The largest absolute Gasteiger partial charge is 0.480 e. The van der Waals surface area contributed by atoms with Gasteiger partial charge in [0.2, 0.25) is 5.88 Å². The number of rotatable bonds is 5. The Kier molecular flexibility index (Phi) is 4.18. The van der Waals surface area contributed by atoms with Crippen molar-refractivity contribution < 1.29 is 4.74 Å². The molecule has 0 atom stereocenters. The predicted molar refractivity (Wildman–Crippen MR) is 53.7 cm³/mol. The maximum Gasteiger partial charge on any atom is 0.266 e. The van der Waals surface area contributed by atoms with Gasteiger partial charge in [0.05, 0.1) is 7.11 Å². The van der Waals surface area contributed by atoms with Gasteiger partial charge in [-0.25, -0.2) is 4.68 Å². The average molecular weight is 209 g/mol. The summed E-state index contributed by atoms with van der Waals surface area (Å²) in [5.74, 6) is 0.387. The first-order valence-corrected chi connectivity index (χ1v) is 4.41. The molecule has 1 aromatic rings. The predicted octanol–water partition coefficient (Wildman–Crippen LogP) is 0.952. The Morgan fingerprint density at radius 1 is 1.67 bits per heavy atom. The van der Waals surface area contributed by atoms with E-state index in [0.717, 1.165) is 0 Å². The highest BCUT2D eigenvalue weighted by Gasteiger charge is 1.99. The van der Waals surface area contributed by atoms with Gasteiger partial charge >= 0.3 is 0 Å². The smallest absolute Gasteiger partial charge is 0.266 e. The van der Waals surface area contributed by atoms with E-state index in [0.29, 0.717) is 25.4 Å². The van der Waals surface area contributed by atoms with Crippen LogP contribution in [0.1, 0.15) is 6.42 Å². The summed E-state index contributed by atoms with van der Waals surface area (Å²) in [4.78, 5) is 13.9. The van der Waals surface area contributed by atoms with Gasteiger partial charge < -0.3 is 4.74 Å². The molecule has 0 saturated heterocycles. The standard InChI is InChI=1S/C8H11N5O2/c1-15-7-3-4-8(14)13(11-7)6-2-5-10-12-9/h3-4H,2,5-6H2,1H3. The van der Waals surface area contributed by atoms with Crippen molar-refractivity contribution in [2.45, 2.75) is 13.0 Å². The van der Waals surface area contributed by atoms with Gasteiger partial charge in [-0.15, -0.1) is 5.10 Å². The zero-order valence-corrected chi connectivity index (χ0v) is 8.33. The van der Waals surface area contributed by atoms with Crippen molar-refractivity contribution in [2.75, 3.05) is 13.7 Å². The van der Waals surface area contributed by atoms with E-state index < -0.39 is 0 Å². The summed E-state index contributed by atoms with van der Waals surface area (Å²) in [5, 5.41) is 7.30. The van der Waals surface area contributed by atoms with Gasteiger partial charge in [-0.05, 0) is 12.0 Å². The summed E-state index contributed by atoms with van der Waals surface area (Å²) >= 11 is 0. The van der Waals surface area contributed by atoms with E-state index in [9.17, 15) is 4.79 Å². The van der Waals surface area contributed by atoms with Crippen LogP contribution in [0.5, 0.6) is 5.88 Å². The Bertz CT molecular complexity index is 421. The lowest BCUT2D eigenvalue weighted by Gasteiger charge is -2.04. The van der Waals surface area contributed by atoms with Gasteiger partial charge in [-0.2, -0.15) is 0 Å². The van der Waals surface area contributed by atoms with Gasteiger partial charge in [0.25, 0.3) is 5.56 Å². The third kappa shape index (κ3) is 3.32. The SMILES string of the molecule is COc1ccc(=O)n(CCCN=[N+]=[N-])n1. The third-order valence-electron chi connectivity index (χ3n) is 1.74. The topological polar surface area (TPSA) is 92.9 Å². The molecule has 0 radical (unpaired) electrons. The molecule has 0 spiro atoms. The normalized spacial score (nSPS) is 9.40. The number of azide groups is 1. The van der Waals surface area contributed by atoms with Crippen molar-refractivity contribution in [2.24, 2.45) is 5.11 Å². The Labute approximate surface area is 85.9 Å². The van der Waals surface area contributed by atoms with E-state index in [1.165, 1.54) is 23.9 Å². The van der Waals surface area contributed by atoms with E-state index in [-0.39, 0.29) is 5.56 Å². The van der Waals surface area contributed by atoms with Crippen LogP contribution in [0.25, 0.3) is 10.4 Å². The summed E-state index contributed by atoms with van der Waals surface area (Å²) in [5.41, 5.74) is 7.86. The number of hydrogen-bond acceptors (Lipinski definition) is 4. The van der Waals surface area contributed by atoms with Crippen molar-refractivity contribution in [1.29, 1.82) is 0 Å². The van der Waals surface area contributed by atoms with E-state index in [4.69, 9.17) is 10.3 Å². The monoisotopic (exact) mass is 209 g/mol. The second-order valence-corrected chi connectivity index (χ2v) is 2.75. The van der Waals surface area contributed by atoms with Gasteiger partial charge in [-0.3, -0.25) is 4.79 Å². The highest BCUT2D eigenvalue weighted by molar-refractivity contribution is 5.05. The van der Waals surface area contributed by atoms with Crippen LogP contribution in [0.4, 0.5) is 0 Å². The molecule has 7 nitrogen and oxygen atoms in total. The van der Waals surface area contributed by atoms with Gasteiger partial charge in [0, 0.05) is 30.1 Å². The molecule has 0 aliphatic rings. The van der Waals surface area contributed by atoms with E-state index >= 15 is 0 Å². The molecule has 0 amide bonds. The Morgan fingerprint density at radius 2 is 2.47 bits per heavy atom.